The summed E-state index contributed by atoms with van der Waals surface area (Å²) in [7, 11) is 1.64. The fourth-order valence-electron chi connectivity index (χ4n) is 4.22. The number of para-hydroxylation sites is 2. The van der Waals surface area contributed by atoms with Gasteiger partial charge in [0, 0.05) is 11.4 Å². The van der Waals surface area contributed by atoms with Crippen molar-refractivity contribution in [2.75, 3.05) is 17.7 Å². The fourth-order valence-corrected chi connectivity index (χ4v) is 4.22. The number of carbonyl (C=O) groups excluding carboxylic acids is 1. The summed E-state index contributed by atoms with van der Waals surface area (Å²) in [5.74, 6) is 1.29. The monoisotopic (exact) mass is 424 g/mol. The second-order valence-electron chi connectivity index (χ2n) is 7.96. The predicted molar refractivity (Wildman–Crippen MR) is 127 cm³/mol. The zero-order chi connectivity index (χ0) is 22.2. The van der Waals surface area contributed by atoms with Gasteiger partial charge in [-0.15, -0.1) is 0 Å². The van der Waals surface area contributed by atoms with Crippen LogP contribution in [0, 0.1) is 6.92 Å². The SMILES string of the molecule is COc1cccc([C@@H]2C(C(=O)Nc3ccc(C)cc3)=C(C)Nc3nc4ccccc4n32)c1. The average Bonchev–Trinajstić information content (AvgIpc) is 3.17. The van der Waals surface area contributed by atoms with Crippen molar-refractivity contribution in [3.8, 4) is 5.75 Å². The Bertz CT molecular complexity index is 1350. The molecule has 0 bridgehead atoms. The van der Waals surface area contributed by atoms with E-state index in [-0.39, 0.29) is 11.9 Å². The van der Waals surface area contributed by atoms with Gasteiger partial charge in [-0.05, 0) is 55.8 Å². The number of methoxy groups -OCH3 is 1. The Morgan fingerprint density at radius 2 is 1.81 bits per heavy atom. The van der Waals surface area contributed by atoms with E-state index in [1.807, 2.05) is 86.6 Å². The number of nitrogens with zero attached hydrogens (tertiary/aromatic N) is 2. The molecule has 0 unspecified atom stereocenters. The highest BCUT2D eigenvalue weighted by atomic mass is 16.5. The third-order valence-corrected chi connectivity index (χ3v) is 5.79. The van der Waals surface area contributed by atoms with Crippen molar-refractivity contribution in [3.63, 3.8) is 0 Å². The first kappa shape index (κ1) is 19.9. The van der Waals surface area contributed by atoms with Crippen molar-refractivity contribution in [2.45, 2.75) is 19.9 Å². The van der Waals surface area contributed by atoms with Gasteiger partial charge in [0.05, 0.1) is 29.8 Å². The maximum atomic E-state index is 13.6. The number of allylic oxidation sites excluding steroid dienone is 1. The molecule has 3 aromatic carbocycles. The molecule has 32 heavy (non-hydrogen) atoms. The molecule has 1 amide bonds. The fraction of sp³-hybridized carbons (Fsp3) is 0.154. The molecule has 0 saturated heterocycles. The zero-order valence-electron chi connectivity index (χ0n) is 18.2. The minimum Gasteiger partial charge on any atom is -0.497 e. The van der Waals surface area contributed by atoms with Crippen molar-refractivity contribution in [2.24, 2.45) is 0 Å². The van der Waals surface area contributed by atoms with Gasteiger partial charge < -0.3 is 15.4 Å². The first-order valence-electron chi connectivity index (χ1n) is 10.5. The third kappa shape index (κ3) is 3.39. The Labute approximate surface area is 186 Å². The van der Waals surface area contributed by atoms with Crippen molar-refractivity contribution in [1.82, 2.24) is 9.55 Å². The van der Waals surface area contributed by atoms with Gasteiger partial charge in [-0.3, -0.25) is 9.36 Å². The number of hydrogen-bond donors (Lipinski definition) is 2. The Morgan fingerprint density at radius 1 is 1.03 bits per heavy atom. The highest BCUT2D eigenvalue weighted by Crippen LogP contribution is 2.40. The minimum absolute atomic E-state index is 0.157. The molecule has 1 aliphatic heterocycles. The van der Waals surface area contributed by atoms with Crippen LogP contribution in [0.2, 0.25) is 0 Å². The number of aromatic nitrogens is 2. The van der Waals surface area contributed by atoms with Crippen LogP contribution in [0.1, 0.15) is 24.1 Å². The smallest absolute Gasteiger partial charge is 0.255 e. The van der Waals surface area contributed by atoms with Gasteiger partial charge in [-0.25, -0.2) is 4.98 Å². The molecule has 6 nitrogen and oxygen atoms in total. The lowest BCUT2D eigenvalue weighted by molar-refractivity contribution is -0.113. The van der Waals surface area contributed by atoms with Crippen LogP contribution in [0.5, 0.6) is 5.75 Å². The molecular formula is C26H24N4O2. The number of anilines is 2. The predicted octanol–water partition coefficient (Wildman–Crippen LogP) is 5.28. The standard InChI is InChI=1S/C26H24N4O2/c1-16-11-13-19(14-12-16)28-25(31)23-17(2)27-26-29-21-9-4-5-10-22(21)30(26)24(23)18-7-6-8-20(15-18)32-3/h4-15,24H,1-3H3,(H,27,29)(H,28,31)/t24-/m1/s1. The molecule has 2 heterocycles. The largest absolute Gasteiger partial charge is 0.497 e. The highest BCUT2D eigenvalue weighted by Gasteiger charge is 2.34. The van der Waals surface area contributed by atoms with Gasteiger partial charge in [0.25, 0.3) is 5.91 Å². The lowest BCUT2D eigenvalue weighted by Gasteiger charge is -2.31. The van der Waals surface area contributed by atoms with Crippen LogP contribution in [-0.4, -0.2) is 22.6 Å². The Balaban J connectivity index is 1.66. The van der Waals surface area contributed by atoms with Crippen molar-refractivity contribution in [3.05, 3.63) is 95.2 Å². The van der Waals surface area contributed by atoms with Gasteiger partial charge in [0.15, 0.2) is 0 Å². The number of hydrogen-bond acceptors (Lipinski definition) is 4. The van der Waals surface area contributed by atoms with E-state index in [1.54, 1.807) is 7.11 Å². The van der Waals surface area contributed by atoms with E-state index >= 15 is 0 Å². The van der Waals surface area contributed by atoms with Crippen LogP contribution in [0.15, 0.2) is 84.1 Å². The van der Waals surface area contributed by atoms with E-state index in [9.17, 15) is 4.79 Å². The van der Waals surface area contributed by atoms with Crippen LogP contribution < -0.4 is 15.4 Å². The molecule has 1 aliphatic rings. The first-order valence-corrected chi connectivity index (χ1v) is 10.5. The van der Waals surface area contributed by atoms with Crippen LogP contribution in [0.4, 0.5) is 11.6 Å². The molecule has 0 aliphatic carbocycles. The van der Waals surface area contributed by atoms with Crippen molar-refractivity contribution in [1.29, 1.82) is 0 Å². The van der Waals surface area contributed by atoms with Crippen molar-refractivity contribution < 1.29 is 9.53 Å². The molecule has 160 valence electrons. The van der Waals surface area contributed by atoms with Crippen LogP contribution in [0.25, 0.3) is 11.0 Å². The van der Waals surface area contributed by atoms with E-state index in [0.29, 0.717) is 11.5 Å². The summed E-state index contributed by atoms with van der Waals surface area (Å²) in [6.45, 7) is 3.94. The van der Waals surface area contributed by atoms with Crippen LogP contribution in [-0.2, 0) is 4.79 Å². The molecule has 5 rings (SSSR count). The summed E-state index contributed by atoms with van der Waals surface area (Å²) in [4.78, 5) is 18.4. The lowest BCUT2D eigenvalue weighted by atomic mass is 9.94. The number of carbonyl (C=O) groups is 1. The van der Waals surface area contributed by atoms with Crippen molar-refractivity contribution >= 4 is 28.6 Å². The Morgan fingerprint density at radius 3 is 2.59 bits per heavy atom. The summed E-state index contributed by atoms with van der Waals surface area (Å²) >= 11 is 0. The molecular weight excluding hydrogens is 400 g/mol. The number of fused-ring (bicyclic) bond motifs is 3. The van der Waals surface area contributed by atoms with E-state index in [0.717, 1.165) is 39.3 Å². The maximum absolute atomic E-state index is 13.6. The molecule has 0 fully saturated rings. The van der Waals surface area contributed by atoms with Gasteiger partial charge in [0.1, 0.15) is 5.75 Å². The maximum Gasteiger partial charge on any atom is 0.255 e. The van der Waals surface area contributed by atoms with Gasteiger partial charge >= 0.3 is 0 Å². The minimum atomic E-state index is -0.362. The third-order valence-electron chi connectivity index (χ3n) is 5.79. The summed E-state index contributed by atoms with van der Waals surface area (Å²) in [6, 6.07) is 23.2. The van der Waals surface area contributed by atoms with Gasteiger partial charge in [-0.2, -0.15) is 0 Å². The second kappa shape index (κ2) is 7.89. The normalized spacial score (nSPS) is 15.3. The molecule has 0 radical (unpaired) electrons. The molecule has 2 N–H and O–H groups in total. The molecule has 6 heteroatoms. The topological polar surface area (TPSA) is 68.2 Å². The molecule has 0 spiro atoms. The van der Waals surface area contributed by atoms with E-state index in [4.69, 9.17) is 9.72 Å². The summed E-state index contributed by atoms with van der Waals surface area (Å²) < 4.78 is 7.56. The summed E-state index contributed by atoms with van der Waals surface area (Å²) in [5, 5.41) is 6.41. The number of nitrogens with one attached hydrogen (secondary N) is 2. The Hall–Kier alpha value is -4.06. The van der Waals surface area contributed by atoms with E-state index in [2.05, 4.69) is 15.2 Å². The number of ether oxygens (including phenoxy) is 1. The number of imidazole rings is 1. The molecule has 1 aromatic heterocycles. The number of aryl methyl sites for hydroxylation is 1. The summed E-state index contributed by atoms with van der Waals surface area (Å²) in [6.07, 6.45) is 0. The quantitative estimate of drug-likeness (QED) is 0.468. The Kier molecular flexibility index (Phi) is 4.90. The molecule has 4 aromatic rings. The number of benzene rings is 3. The molecule has 0 saturated carbocycles. The average molecular weight is 425 g/mol. The van der Waals surface area contributed by atoms with E-state index < -0.39 is 0 Å². The second-order valence-corrected chi connectivity index (χ2v) is 7.96. The molecule has 1 atom stereocenters. The first-order chi connectivity index (χ1) is 15.5. The van der Waals surface area contributed by atoms with Crippen LogP contribution in [0.3, 0.4) is 0 Å². The van der Waals surface area contributed by atoms with Gasteiger partial charge in [0.2, 0.25) is 5.95 Å². The zero-order valence-corrected chi connectivity index (χ0v) is 18.2. The number of rotatable bonds is 4. The van der Waals surface area contributed by atoms with Crippen LogP contribution >= 0.6 is 0 Å². The van der Waals surface area contributed by atoms with E-state index in [1.165, 1.54) is 0 Å². The number of amides is 1. The highest BCUT2D eigenvalue weighted by molar-refractivity contribution is 6.06. The van der Waals surface area contributed by atoms with Gasteiger partial charge in [-0.1, -0.05) is 42.0 Å². The summed E-state index contributed by atoms with van der Waals surface area (Å²) in [5.41, 5.74) is 6.07. The lowest BCUT2D eigenvalue weighted by Crippen LogP contribution is -2.30.